The van der Waals surface area contributed by atoms with Gasteiger partial charge in [-0.3, -0.25) is 9.69 Å². The van der Waals surface area contributed by atoms with E-state index in [1.807, 2.05) is 0 Å². The third-order valence-corrected chi connectivity index (χ3v) is 2.53. The van der Waals surface area contributed by atoms with Crippen LogP contribution in [0.5, 0.6) is 0 Å². The van der Waals surface area contributed by atoms with Crippen LogP contribution in [0.15, 0.2) is 0 Å². The van der Waals surface area contributed by atoms with Gasteiger partial charge in [-0.15, -0.1) is 0 Å². The molecule has 16 heavy (non-hydrogen) atoms. The van der Waals surface area contributed by atoms with Gasteiger partial charge in [-0.25, -0.2) is 0 Å². The average Bonchev–Trinajstić information content (AvgIpc) is 2.29. The molecule has 4 nitrogen and oxygen atoms in total. The van der Waals surface area contributed by atoms with Gasteiger partial charge < -0.3 is 10.2 Å². The summed E-state index contributed by atoms with van der Waals surface area (Å²) in [4.78, 5) is 12.3. The van der Waals surface area contributed by atoms with Crippen LogP contribution < -0.4 is 0 Å². The molecule has 0 saturated carbocycles. The number of unbranched alkanes of at least 4 members (excludes halogenated alkanes) is 6. The summed E-state index contributed by atoms with van der Waals surface area (Å²) in [6, 6.07) is 0. The molecule has 0 fully saturated rings. The Labute approximate surface area is 98.3 Å². The first-order valence-corrected chi connectivity index (χ1v) is 6.10. The Kier molecular flexibility index (Phi) is 10.5. The first kappa shape index (κ1) is 15.4. The molecule has 1 radical (unpaired) electrons. The van der Waals surface area contributed by atoms with Gasteiger partial charge in [0.15, 0.2) is 0 Å². The zero-order valence-corrected chi connectivity index (χ0v) is 10.2. The number of hydrogen-bond donors (Lipinski definition) is 2. The van der Waals surface area contributed by atoms with E-state index < -0.39 is 13.5 Å². The molecule has 0 aromatic heterocycles. The van der Waals surface area contributed by atoms with Crippen LogP contribution in [0.4, 0.5) is 0 Å². The van der Waals surface area contributed by atoms with Gasteiger partial charge in [-0.1, -0.05) is 45.4 Å². The summed E-state index contributed by atoms with van der Waals surface area (Å²) in [6.07, 6.45) is 9.41. The number of amides is 1. The highest BCUT2D eigenvalue weighted by Gasteiger charge is 2.10. The standard InChI is InChI=1S/C12H24NO3/c1-2-3-4-5-6-7-8-9-12(16)13(10-14)11-15/h9,14-15H,2-8,10-11H2,1H3. The van der Waals surface area contributed by atoms with Crippen molar-refractivity contribution in [2.45, 2.75) is 51.9 Å². The van der Waals surface area contributed by atoms with E-state index in [9.17, 15) is 4.79 Å². The number of aliphatic hydroxyl groups is 2. The quantitative estimate of drug-likeness (QED) is 0.443. The normalized spacial score (nSPS) is 10.4. The highest BCUT2D eigenvalue weighted by Crippen LogP contribution is 2.08. The highest BCUT2D eigenvalue weighted by molar-refractivity contribution is 5.84. The van der Waals surface area contributed by atoms with Crippen molar-refractivity contribution in [1.29, 1.82) is 0 Å². The fraction of sp³-hybridized carbons (Fsp3) is 0.833. The SMILES string of the molecule is CCCCCCCC[CH]C(=O)N(CO)CO. The molecule has 0 aliphatic carbocycles. The predicted molar refractivity (Wildman–Crippen MR) is 63.3 cm³/mol. The van der Waals surface area contributed by atoms with Crippen LogP contribution in [-0.2, 0) is 4.79 Å². The Hall–Kier alpha value is -0.610. The Morgan fingerprint density at radius 2 is 1.62 bits per heavy atom. The molecule has 4 heteroatoms. The first-order valence-electron chi connectivity index (χ1n) is 6.10. The first-order chi connectivity index (χ1) is 7.76. The number of rotatable bonds is 10. The van der Waals surface area contributed by atoms with Crippen LogP contribution in [0.1, 0.15) is 51.9 Å². The molecule has 1 amide bonds. The molecular formula is C12H24NO3. The molecule has 0 aliphatic heterocycles. The van der Waals surface area contributed by atoms with E-state index in [0.717, 1.165) is 24.2 Å². The van der Waals surface area contributed by atoms with E-state index in [4.69, 9.17) is 10.2 Å². The highest BCUT2D eigenvalue weighted by atomic mass is 16.3. The molecule has 0 heterocycles. The Morgan fingerprint density at radius 3 is 2.19 bits per heavy atom. The zero-order valence-electron chi connectivity index (χ0n) is 10.2. The van der Waals surface area contributed by atoms with Gasteiger partial charge in [0.25, 0.3) is 0 Å². The summed E-state index contributed by atoms with van der Waals surface area (Å²) in [5, 5.41) is 17.4. The second-order valence-electron chi connectivity index (χ2n) is 3.92. The Balaban J connectivity index is 3.33. The molecule has 0 aromatic carbocycles. The lowest BCUT2D eigenvalue weighted by Crippen LogP contribution is -2.32. The predicted octanol–water partition coefficient (Wildman–Crippen LogP) is 1.67. The lowest BCUT2D eigenvalue weighted by Gasteiger charge is -2.15. The van der Waals surface area contributed by atoms with Crippen molar-refractivity contribution in [1.82, 2.24) is 4.90 Å². The van der Waals surface area contributed by atoms with Gasteiger partial charge in [0, 0.05) is 6.42 Å². The van der Waals surface area contributed by atoms with Gasteiger partial charge in [-0.2, -0.15) is 0 Å². The van der Waals surface area contributed by atoms with Gasteiger partial charge in [0.2, 0.25) is 5.91 Å². The van der Waals surface area contributed by atoms with Gasteiger partial charge >= 0.3 is 0 Å². The largest absolute Gasteiger partial charge is 0.376 e. The summed E-state index contributed by atoms with van der Waals surface area (Å²) in [6.45, 7) is 1.33. The molecule has 2 N–H and O–H groups in total. The zero-order chi connectivity index (χ0) is 12.2. The van der Waals surface area contributed by atoms with Crippen molar-refractivity contribution >= 4 is 5.91 Å². The van der Waals surface area contributed by atoms with Crippen molar-refractivity contribution in [3.63, 3.8) is 0 Å². The van der Waals surface area contributed by atoms with Crippen LogP contribution in [0.2, 0.25) is 0 Å². The maximum atomic E-state index is 11.3. The Bertz CT molecular complexity index is 170. The lowest BCUT2D eigenvalue weighted by molar-refractivity contribution is -0.135. The van der Waals surface area contributed by atoms with Crippen molar-refractivity contribution in [2.75, 3.05) is 13.5 Å². The summed E-state index contributed by atoms with van der Waals surface area (Å²) < 4.78 is 0. The van der Waals surface area contributed by atoms with Crippen molar-refractivity contribution < 1.29 is 15.0 Å². The fourth-order valence-corrected chi connectivity index (χ4v) is 1.46. The molecule has 0 atom stereocenters. The fourth-order valence-electron chi connectivity index (χ4n) is 1.46. The van der Waals surface area contributed by atoms with E-state index in [0.29, 0.717) is 0 Å². The smallest absolute Gasteiger partial charge is 0.230 e. The number of carbonyl (C=O) groups is 1. The third-order valence-electron chi connectivity index (χ3n) is 2.53. The molecule has 0 spiro atoms. The van der Waals surface area contributed by atoms with E-state index in [2.05, 4.69) is 6.92 Å². The lowest BCUT2D eigenvalue weighted by atomic mass is 10.1. The molecule has 95 valence electrons. The van der Waals surface area contributed by atoms with Crippen molar-refractivity contribution in [2.24, 2.45) is 0 Å². The van der Waals surface area contributed by atoms with Crippen LogP contribution in [0.25, 0.3) is 0 Å². The maximum Gasteiger partial charge on any atom is 0.230 e. The van der Waals surface area contributed by atoms with Crippen LogP contribution >= 0.6 is 0 Å². The van der Waals surface area contributed by atoms with Gasteiger partial charge in [0.1, 0.15) is 13.5 Å². The van der Waals surface area contributed by atoms with Crippen molar-refractivity contribution in [3.8, 4) is 0 Å². The monoisotopic (exact) mass is 230 g/mol. The number of hydrogen-bond acceptors (Lipinski definition) is 3. The van der Waals surface area contributed by atoms with E-state index in [-0.39, 0.29) is 5.91 Å². The summed E-state index contributed by atoms with van der Waals surface area (Å²) in [5.41, 5.74) is 0. The minimum absolute atomic E-state index is 0.293. The summed E-state index contributed by atoms with van der Waals surface area (Å²) in [7, 11) is 0. The molecule has 0 bridgehead atoms. The number of carbonyl (C=O) groups excluding carboxylic acids is 1. The van der Waals surface area contributed by atoms with Crippen LogP contribution in [-0.4, -0.2) is 34.5 Å². The van der Waals surface area contributed by atoms with Crippen LogP contribution in [0, 0.1) is 6.42 Å². The molecule has 0 saturated heterocycles. The molecule has 0 rings (SSSR count). The summed E-state index contributed by atoms with van der Waals surface area (Å²) in [5.74, 6) is -0.293. The van der Waals surface area contributed by atoms with Gasteiger partial charge in [0.05, 0.1) is 0 Å². The molecule has 0 unspecified atom stereocenters. The minimum atomic E-state index is -0.428. The number of aliphatic hydroxyl groups excluding tert-OH is 2. The van der Waals surface area contributed by atoms with E-state index >= 15 is 0 Å². The van der Waals surface area contributed by atoms with Gasteiger partial charge in [-0.05, 0) is 6.42 Å². The average molecular weight is 230 g/mol. The second-order valence-corrected chi connectivity index (χ2v) is 3.92. The summed E-state index contributed by atoms with van der Waals surface area (Å²) >= 11 is 0. The molecular weight excluding hydrogens is 206 g/mol. The minimum Gasteiger partial charge on any atom is -0.376 e. The van der Waals surface area contributed by atoms with E-state index in [1.54, 1.807) is 0 Å². The molecule has 0 aromatic rings. The van der Waals surface area contributed by atoms with E-state index in [1.165, 1.54) is 32.1 Å². The third kappa shape index (κ3) is 7.65. The second kappa shape index (κ2) is 10.9. The molecule has 0 aliphatic rings. The van der Waals surface area contributed by atoms with Crippen LogP contribution in [0.3, 0.4) is 0 Å². The Morgan fingerprint density at radius 1 is 1.06 bits per heavy atom. The maximum absolute atomic E-state index is 11.3. The number of nitrogens with zero attached hydrogens (tertiary/aromatic N) is 1. The topological polar surface area (TPSA) is 60.8 Å². The van der Waals surface area contributed by atoms with Crippen molar-refractivity contribution in [3.05, 3.63) is 6.42 Å².